The van der Waals surface area contributed by atoms with Gasteiger partial charge < -0.3 is 10.6 Å². The molecular formula is C15H22N2O. The molecule has 1 aromatic rings. The van der Waals surface area contributed by atoms with E-state index in [1.165, 1.54) is 0 Å². The number of benzene rings is 1. The van der Waals surface area contributed by atoms with Crippen molar-refractivity contribution in [2.75, 3.05) is 12.3 Å². The Balaban J connectivity index is 2.56. The first-order valence-electron chi connectivity index (χ1n) is 6.29. The molecule has 0 unspecified atom stereocenters. The van der Waals surface area contributed by atoms with Crippen LogP contribution in [0.2, 0.25) is 0 Å². The van der Waals surface area contributed by atoms with Crippen LogP contribution in [0.1, 0.15) is 25.8 Å². The van der Waals surface area contributed by atoms with E-state index in [0.29, 0.717) is 13.0 Å². The molecule has 0 aliphatic rings. The molecule has 0 saturated heterocycles. The van der Waals surface area contributed by atoms with Crippen molar-refractivity contribution in [3.05, 3.63) is 42.5 Å². The van der Waals surface area contributed by atoms with Crippen LogP contribution in [0.3, 0.4) is 0 Å². The fourth-order valence-electron chi connectivity index (χ4n) is 1.88. The molecule has 3 heteroatoms. The first-order chi connectivity index (χ1) is 8.54. The normalized spacial score (nSPS) is 10.4. The van der Waals surface area contributed by atoms with E-state index in [1.807, 2.05) is 43.0 Å². The fraction of sp³-hybridized carbons (Fsp3) is 0.400. The Labute approximate surface area is 109 Å². The van der Waals surface area contributed by atoms with Crippen molar-refractivity contribution < 1.29 is 4.79 Å². The molecule has 0 bridgehead atoms. The Morgan fingerprint density at radius 2 is 2.22 bits per heavy atom. The molecule has 2 N–H and O–H groups in total. The topological polar surface area (TPSA) is 46.3 Å². The molecule has 0 aliphatic carbocycles. The van der Waals surface area contributed by atoms with Crippen molar-refractivity contribution in [1.29, 1.82) is 0 Å². The van der Waals surface area contributed by atoms with Crippen molar-refractivity contribution in [3.8, 4) is 0 Å². The maximum absolute atomic E-state index is 12.1. The number of hydrogen-bond donors (Lipinski definition) is 1. The van der Waals surface area contributed by atoms with Crippen LogP contribution in [0.25, 0.3) is 0 Å². The van der Waals surface area contributed by atoms with Gasteiger partial charge in [-0.05, 0) is 38.0 Å². The number of amides is 1. The Hall–Kier alpha value is -1.77. The van der Waals surface area contributed by atoms with Gasteiger partial charge >= 0.3 is 0 Å². The smallest absolute Gasteiger partial charge is 0.223 e. The predicted molar refractivity (Wildman–Crippen MR) is 76.2 cm³/mol. The summed E-state index contributed by atoms with van der Waals surface area (Å²) < 4.78 is 0. The van der Waals surface area contributed by atoms with Gasteiger partial charge in [-0.2, -0.15) is 0 Å². The number of rotatable bonds is 6. The second-order valence-corrected chi connectivity index (χ2v) is 4.67. The van der Waals surface area contributed by atoms with Gasteiger partial charge in [-0.3, -0.25) is 4.79 Å². The molecule has 1 aromatic carbocycles. The highest BCUT2D eigenvalue weighted by Crippen LogP contribution is 2.10. The van der Waals surface area contributed by atoms with Gasteiger partial charge in [-0.1, -0.05) is 18.2 Å². The Kier molecular flexibility index (Phi) is 5.43. The molecule has 0 aliphatic heterocycles. The van der Waals surface area contributed by atoms with Crippen molar-refractivity contribution in [2.45, 2.75) is 32.7 Å². The maximum Gasteiger partial charge on any atom is 0.223 e. The quantitative estimate of drug-likeness (QED) is 0.619. The lowest BCUT2D eigenvalue weighted by Crippen LogP contribution is -2.37. The summed E-state index contributed by atoms with van der Waals surface area (Å²) in [5, 5.41) is 0. The average molecular weight is 246 g/mol. The van der Waals surface area contributed by atoms with E-state index < -0.39 is 0 Å². The SMILES string of the molecule is C=CCN(C(=O)CCc1cccc(N)c1)C(C)C. The van der Waals surface area contributed by atoms with Crippen LogP contribution in [0.15, 0.2) is 36.9 Å². The Bertz CT molecular complexity index is 413. The molecule has 18 heavy (non-hydrogen) atoms. The Morgan fingerprint density at radius 1 is 1.50 bits per heavy atom. The molecule has 0 atom stereocenters. The molecule has 0 fully saturated rings. The van der Waals surface area contributed by atoms with Crippen LogP contribution in [-0.4, -0.2) is 23.4 Å². The van der Waals surface area contributed by atoms with E-state index >= 15 is 0 Å². The van der Waals surface area contributed by atoms with E-state index in [0.717, 1.165) is 17.7 Å². The number of carbonyl (C=O) groups excluding carboxylic acids is 1. The highest BCUT2D eigenvalue weighted by molar-refractivity contribution is 5.77. The van der Waals surface area contributed by atoms with Crippen molar-refractivity contribution in [1.82, 2.24) is 4.90 Å². The number of aryl methyl sites for hydroxylation is 1. The summed E-state index contributed by atoms with van der Waals surface area (Å²) in [5.74, 6) is 0.160. The van der Waals surface area contributed by atoms with Gasteiger partial charge in [0.1, 0.15) is 0 Å². The molecule has 98 valence electrons. The van der Waals surface area contributed by atoms with E-state index in [4.69, 9.17) is 5.73 Å². The van der Waals surface area contributed by atoms with E-state index in [2.05, 4.69) is 6.58 Å². The van der Waals surface area contributed by atoms with Gasteiger partial charge in [0.15, 0.2) is 0 Å². The molecule has 3 nitrogen and oxygen atoms in total. The highest BCUT2D eigenvalue weighted by atomic mass is 16.2. The van der Waals surface area contributed by atoms with Crippen LogP contribution < -0.4 is 5.73 Å². The maximum atomic E-state index is 12.1. The van der Waals surface area contributed by atoms with E-state index in [1.54, 1.807) is 6.08 Å². The largest absolute Gasteiger partial charge is 0.399 e. The summed E-state index contributed by atoms with van der Waals surface area (Å²) in [6, 6.07) is 7.89. The minimum atomic E-state index is 0.160. The van der Waals surface area contributed by atoms with Gasteiger partial charge in [0.2, 0.25) is 5.91 Å². The zero-order valence-electron chi connectivity index (χ0n) is 11.2. The van der Waals surface area contributed by atoms with Crippen LogP contribution >= 0.6 is 0 Å². The minimum absolute atomic E-state index is 0.160. The van der Waals surface area contributed by atoms with Crippen LogP contribution in [0.5, 0.6) is 0 Å². The molecule has 1 amide bonds. The first kappa shape index (κ1) is 14.3. The lowest BCUT2D eigenvalue weighted by atomic mass is 10.1. The van der Waals surface area contributed by atoms with Gasteiger partial charge in [0.25, 0.3) is 0 Å². The van der Waals surface area contributed by atoms with Crippen molar-refractivity contribution >= 4 is 11.6 Å². The number of nitrogens with two attached hydrogens (primary N) is 1. The van der Waals surface area contributed by atoms with E-state index in [-0.39, 0.29) is 11.9 Å². The molecule has 0 radical (unpaired) electrons. The molecular weight excluding hydrogens is 224 g/mol. The second kappa shape index (κ2) is 6.84. The number of carbonyl (C=O) groups is 1. The third kappa shape index (κ3) is 4.24. The minimum Gasteiger partial charge on any atom is -0.399 e. The van der Waals surface area contributed by atoms with Crippen LogP contribution in [-0.2, 0) is 11.2 Å². The third-order valence-corrected chi connectivity index (χ3v) is 2.85. The number of anilines is 1. The zero-order chi connectivity index (χ0) is 13.5. The van der Waals surface area contributed by atoms with Crippen molar-refractivity contribution in [3.63, 3.8) is 0 Å². The first-order valence-corrected chi connectivity index (χ1v) is 6.29. The summed E-state index contributed by atoms with van der Waals surface area (Å²) in [4.78, 5) is 13.9. The van der Waals surface area contributed by atoms with Gasteiger partial charge in [0.05, 0.1) is 0 Å². The van der Waals surface area contributed by atoms with Gasteiger partial charge in [0, 0.05) is 24.7 Å². The van der Waals surface area contributed by atoms with Crippen molar-refractivity contribution in [2.24, 2.45) is 0 Å². The average Bonchev–Trinajstić information content (AvgIpc) is 2.32. The summed E-state index contributed by atoms with van der Waals surface area (Å²) in [6.07, 6.45) is 3.00. The lowest BCUT2D eigenvalue weighted by Gasteiger charge is -2.25. The van der Waals surface area contributed by atoms with E-state index in [9.17, 15) is 4.79 Å². The van der Waals surface area contributed by atoms with Crippen LogP contribution in [0, 0.1) is 0 Å². The summed E-state index contributed by atoms with van der Waals surface area (Å²) in [5.41, 5.74) is 7.56. The predicted octanol–water partition coefficient (Wildman–Crippen LogP) is 2.62. The highest BCUT2D eigenvalue weighted by Gasteiger charge is 2.14. The zero-order valence-corrected chi connectivity index (χ0v) is 11.2. The Morgan fingerprint density at radius 3 is 2.78 bits per heavy atom. The molecule has 0 saturated carbocycles. The lowest BCUT2D eigenvalue weighted by molar-refractivity contribution is -0.132. The second-order valence-electron chi connectivity index (χ2n) is 4.67. The molecule has 0 spiro atoms. The summed E-state index contributed by atoms with van der Waals surface area (Å²) in [7, 11) is 0. The fourth-order valence-corrected chi connectivity index (χ4v) is 1.88. The standard InChI is InChI=1S/C15H22N2O/c1-4-10-17(12(2)3)15(18)9-8-13-6-5-7-14(16)11-13/h4-7,11-12H,1,8-10,16H2,2-3H3. The molecule has 0 heterocycles. The van der Waals surface area contributed by atoms with Gasteiger partial charge in [-0.15, -0.1) is 6.58 Å². The third-order valence-electron chi connectivity index (χ3n) is 2.85. The summed E-state index contributed by atoms with van der Waals surface area (Å²) in [6.45, 7) is 8.32. The number of nitrogen functional groups attached to an aromatic ring is 1. The van der Waals surface area contributed by atoms with Gasteiger partial charge in [-0.25, -0.2) is 0 Å². The molecule has 1 rings (SSSR count). The summed E-state index contributed by atoms with van der Waals surface area (Å²) >= 11 is 0. The molecule has 0 aromatic heterocycles. The van der Waals surface area contributed by atoms with Crippen LogP contribution in [0.4, 0.5) is 5.69 Å². The monoisotopic (exact) mass is 246 g/mol. The number of nitrogens with zero attached hydrogens (tertiary/aromatic N) is 1. The number of hydrogen-bond acceptors (Lipinski definition) is 2.